The van der Waals surface area contributed by atoms with E-state index in [1.54, 1.807) is 22.9 Å². The van der Waals surface area contributed by atoms with Gasteiger partial charge in [-0.25, -0.2) is 4.79 Å². The molecule has 0 N–H and O–H groups in total. The Morgan fingerprint density at radius 1 is 1.32 bits per heavy atom. The van der Waals surface area contributed by atoms with Crippen LogP contribution < -0.4 is 9.80 Å². The fourth-order valence-corrected chi connectivity index (χ4v) is 2.75. The van der Waals surface area contributed by atoms with Gasteiger partial charge in [0.2, 0.25) is 0 Å². The molecule has 2 aromatic heterocycles. The number of likely N-dealkylation sites (N-methyl/N-ethyl adjacent to an activating group) is 1. The van der Waals surface area contributed by atoms with E-state index in [0.717, 1.165) is 25.3 Å². The highest BCUT2D eigenvalue weighted by Crippen LogP contribution is 2.28. The normalized spacial score (nSPS) is 19.2. The van der Waals surface area contributed by atoms with Crippen LogP contribution in [0.5, 0.6) is 0 Å². The average molecular weight is 303 g/mol. The molecule has 2 amide bonds. The molecule has 2 aliphatic heterocycles. The fraction of sp³-hybridized carbons (Fsp3) is 0.538. The summed E-state index contributed by atoms with van der Waals surface area (Å²) in [5.41, 5.74) is 0.849. The van der Waals surface area contributed by atoms with Crippen LogP contribution >= 0.6 is 0 Å². The van der Waals surface area contributed by atoms with Crippen LogP contribution in [0.25, 0.3) is 0 Å². The van der Waals surface area contributed by atoms with E-state index in [2.05, 4.69) is 15.2 Å². The van der Waals surface area contributed by atoms with Gasteiger partial charge in [-0.3, -0.25) is 9.58 Å². The van der Waals surface area contributed by atoms with Crippen molar-refractivity contribution in [2.75, 3.05) is 43.0 Å². The Balaban J connectivity index is 1.42. The molecule has 0 aliphatic carbocycles. The Labute approximate surface area is 127 Å². The second-order valence-corrected chi connectivity index (χ2v) is 5.72. The zero-order valence-electron chi connectivity index (χ0n) is 12.5. The van der Waals surface area contributed by atoms with Crippen molar-refractivity contribution in [2.45, 2.75) is 13.0 Å². The minimum atomic E-state index is 0.0242. The molecule has 2 saturated heterocycles. The minimum absolute atomic E-state index is 0.0242. The van der Waals surface area contributed by atoms with Crippen molar-refractivity contribution in [2.24, 2.45) is 0 Å². The van der Waals surface area contributed by atoms with Crippen molar-refractivity contribution in [3.63, 3.8) is 0 Å². The maximum atomic E-state index is 12.0. The summed E-state index contributed by atoms with van der Waals surface area (Å²) in [6.07, 6.45) is 3.68. The molecule has 2 fully saturated rings. The molecule has 9 heteroatoms. The first-order valence-electron chi connectivity index (χ1n) is 7.24. The largest absolute Gasteiger partial charge is 0.326 e. The third kappa shape index (κ3) is 2.00. The summed E-state index contributed by atoms with van der Waals surface area (Å²) in [6, 6.07) is 0.838. The number of nitrogens with zero attached hydrogens (tertiary/aromatic N) is 7. The molecule has 0 aromatic carbocycles. The minimum Gasteiger partial charge on any atom is -0.326 e. The first-order valence-corrected chi connectivity index (χ1v) is 7.24. The lowest BCUT2D eigenvalue weighted by atomic mass is 10.1. The molecule has 0 radical (unpaired) electrons. The van der Waals surface area contributed by atoms with Crippen LogP contribution in [0, 0.1) is 6.92 Å². The summed E-state index contributed by atoms with van der Waals surface area (Å²) in [4.78, 5) is 21.7. The second-order valence-electron chi connectivity index (χ2n) is 5.72. The van der Waals surface area contributed by atoms with Gasteiger partial charge in [0.15, 0.2) is 5.82 Å². The van der Waals surface area contributed by atoms with Gasteiger partial charge in [-0.05, 0) is 6.92 Å². The number of hydrogen-bond acceptors (Lipinski definition) is 6. The first-order chi connectivity index (χ1) is 10.6. The van der Waals surface area contributed by atoms with Gasteiger partial charge in [0.1, 0.15) is 0 Å². The summed E-state index contributed by atoms with van der Waals surface area (Å²) in [5.74, 6) is 0.636. The molecule has 0 bridgehead atoms. The lowest BCUT2D eigenvalue weighted by Crippen LogP contribution is -2.48. The topological polar surface area (TPSA) is 83.5 Å². The van der Waals surface area contributed by atoms with E-state index >= 15 is 0 Å². The lowest BCUT2D eigenvalue weighted by molar-refractivity contribution is 0.229. The fourth-order valence-electron chi connectivity index (χ4n) is 2.75. The van der Waals surface area contributed by atoms with E-state index in [1.165, 1.54) is 0 Å². The van der Waals surface area contributed by atoms with E-state index in [4.69, 9.17) is 4.52 Å². The molecule has 0 unspecified atom stereocenters. The van der Waals surface area contributed by atoms with Crippen LogP contribution in [0.15, 0.2) is 16.9 Å². The van der Waals surface area contributed by atoms with Crippen LogP contribution in [0.4, 0.5) is 16.5 Å². The average Bonchev–Trinajstić information content (AvgIpc) is 3.13. The molecule has 2 aromatic rings. The zero-order valence-corrected chi connectivity index (χ0v) is 12.5. The van der Waals surface area contributed by atoms with Crippen LogP contribution in [-0.2, 0) is 0 Å². The highest BCUT2D eigenvalue weighted by Gasteiger charge is 2.33. The standard InChI is InChI=1S/C13H17N7O2/c1-9-15-12(22-16-9)18-6-11(7-18)20-8-10(5-14-20)19-4-3-17(2)13(19)21/h5,8,11H,3-4,6-7H2,1-2H3. The number of rotatable bonds is 3. The van der Waals surface area contributed by atoms with Crippen molar-refractivity contribution in [1.29, 1.82) is 0 Å². The molecule has 116 valence electrons. The van der Waals surface area contributed by atoms with Gasteiger partial charge in [0.25, 0.3) is 0 Å². The maximum Gasteiger partial charge on any atom is 0.324 e. The van der Waals surface area contributed by atoms with E-state index in [-0.39, 0.29) is 12.1 Å². The summed E-state index contributed by atoms with van der Waals surface area (Å²) in [6.45, 7) is 4.80. The molecular weight excluding hydrogens is 286 g/mol. The predicted molar refractivity (Wildman–Crippen MR) is 77.9 cm³/mol. The van der Waals surface area contributed by atoms with E-state index in [1.807, 2.05) is 22.8 Å². The second kappa shape index (κ2) is 4.72. The van der Waals surface area contributed by atoms with Crippen molar-refractivity contribution in [3.05, 3.63) is 18.2 Å². The van der Waals surface area contributed by atoms with Crippen molar-refractivity contribution < 1.29 is 9.32 Å². The molecule has 2 aliphatic rings. The zero-order chi connectivity index (χ0) is 15.3. The molecule has 0 saturated carbocycles. The van der Waals surface area contributed by atoms with Crippen LogP contribution in [0.3, 0.4) is 0 Å². The Morgan fingerprint density at radius 2 is 2.14 bits per heavy atom. The number of aryl methyl sites for hydroxylation is 1. The van der Waals surface area contributed by atoms with E-state index in [0.29, 0.717) is 18.4 Å². The number of anilines is 2. The van der Waals surface area contributed by atoms with Gasteiger partial charge in [-0.1, -0.05) is 5.16 Å². The summed E-state index contributed by atoms with van der Waals surface area (Å²) in [5, 5.41) is 8.18. The number of carbonyl (C=O) groups is 1. The quantitative estimate of drug-likeness (QED) is 0.821. The van der Waals surface area contributed by atoms with Gasteiger partial charge in [-0.2, -0.15) is 10.1 Å². The van der Waals surface area contributed by atoms with Gasteiger partial charge in [0, 0.05) is 39.4 Å². The van der Waals surface area contributed by atoms with E-state index in [9.17, 15) is 4.79 Å². The SMILES string of the molecule is Cc1noc(N2CC(n3cc(N4CCN(C)C4=O)cn3)C2)n1. The Kier molecular flexibility index (Phi) is 2.81. The third-order valence-corrected chi connectivity index (χ3v) is 4.14. The number of urea groups is 1. The molecule has 9 nitrogen and oxygen atoms in total. The molecule has 0 atom stereocenters. The Hall–Kier alpha value is -2.58. The first kappa shape index (κ1) is 13.1. The van der Waals surface area contributed by atoms with E-state index < -0.39 is 0 Å². The Bertz CT molecular complexity index is 703. The summed E-state index contributed by atoms with van der Waals surface area (Å²) in [7, 11) is 1.81. The molecule has 4 heterocycles. The predicted octanol–water partition coefficient (Wildman–Crippen LogP) is 0.508. The molecule has 22 heavy (non-hydrogen) atoms. The number of carbonyl (C=O) groups excluding carboxylic acids is 1. The molecule has 4 rings (SSSR count). The van der Waals surface area contributed by atoms with Gasteiger partial charge in [0.05, 0.1) is 17.9 Å². The van der Waals surface area contributed by atoms with Crippen LogP contribution in [0.1, 0.15) is 11.9 Å². The van der Waals surface area contributed by atoms with Gasteiger partial charge in [-0.15, -0.1) is 0 Å². The number of aromatic nitrogens is 4. The van der Waals surface area contributed by atoms with Crippen molar-refractivity contribution in [3.8, 4) is 0 Å². The van der Waals surface area contributed by atoms with Crippen molar-refractivity contribution >= 4 is 17.7 Å². The van der Waals surface area contributed by atoms with Gasteiger partial charge < -0.3 is 14.3 Å². The summed E-state index contributed by atoms with van der Waals surface area (Å²) < 4.78 is 7.04. The highest BCUT2D eigenvalue weighted by molar-refractivity contribution is 5.93. The molecular formula is C13H17N7O2. The number of amides is 2. The third-order valence-electron chi connectivity index (χ3n) is 4.14. The monoisotopic (exact) mass is 303 g/mol. The highest BCUT2D eigenvalue weighted by atomic mass is 16.5. The maximum absolute atomic E-state index is 12.0. The smallest absolute Gasteiger partial charge is 0.324 e. The molecule has 0 spiro atoms. The lowest BCUT2D eigenvalue weighted by Gasteiger charge is -2.37. The Morgan fingerprint density at radius 3 is 2.77 bits per heavy atom. The number of hydrogen-bond donors (Lipinski definition) is 0. The van der Waals surface area contributed by atoms with Crippen LogP contribution in [0.2, 0.25) is 0 Å². The van der Waals surface area contributed by atoms with Crippen LogP contribution in [-0.4, -0.2) is 64.1 Å². The summed E-state index contributed by atoms with van der Waals surface area (Å²) >= 11 is 0. The van der Waals surface area contributed by atoms with Gasteiger partial charge >= 0.3 is 12.0 Å². The van der Waals surface area contributed by atoms with Crippen molar-refractivity contribution in [1.82, 2.24) is 24.8 Å².